The van der Waals surface area contributed by atoms with Crippen molar-refractivity contribution in [2.24, 2.45) is 0 Å². The lowest BCUT2D eigenvalue weighted by Gasteiger charge is -2.19. The number of aliphatic hydroxyl groups is 2. The molecule has 110 valence electrons. The first-order valence-electron chi connectivity index (χ1n) is 6.96. The van der Waals surface area contributed by atoms with Gasteiger partial charge < -0.3 is 10.2 Å². The number of benzene rings is 1. The van der Waals surface area contributed by atoms with Crippen molar-refractivity contribution in [1.29, 1.82) is 0 Å². The number of nitrogens with zero attached hydrogens (tertiary/aromatic N) is 1. The topological polar surface area (TPSA) is 77.8 Å². The first-order chi connectivity index (χ1) is 9.48. The van der Waals surface area contributed by atoms with Crippen LogP contribution >= 0.6 is 0 Å². The fraction of sp³-hybridized carbons (Fsp3) is 0.571. The lowest BCUT2D eigenvalue weighted by atomic mass is 9.92. The second-order valence-corrected chi connectivity index (χ2v) is 7.53. The SMILES string of the molecule is O=S(=O)(c1ccc2c(c1)CCCC2)N1CC(O)C(O)C1. The van der Waals surface area contributed by atoms with Crippen molar-refractivity contribution in [2.75, 3.05) is 13.1 Å². The number of hydrogen-bond acceptors (Lipinski definition) is 4. The number of sulfonamides is 1. The lowest BCUT2D eigenvalue weighted by Crippen LogP contribution is -2.30. The molecule has 2 atom stereocenters. The molecule has 1 aromatic rings. The third kappa shape index (κ3) is 2.37. The van der Waals surface area contributed by atoms with E-state index < -0.39 is 22.2 Å². The molecule has 2 N–H and O–H groups in total. The Balaban J connectivity index is 1.92. The van der Waals surface area contributed by atoms with E-state index in [4.69, 9.17) is 0 Å². The highest BCUT2D eigenvalue weighted by Gasteiger charge is 2.37. The van der Waals surface area contributed by atoms with Gasteiger partial charge in [0, 0.05) is 13.1 Å². The number of β-amino-alcohol motifs (C(OH)–C–C–N with tert-alkyl or cyclic N) is 2. The van der Waals surface area contributed by atoms with Crippen LogP contribution in [0.15, 0.2) is 23.1 Å². The van der Waals surface area contributed by atoms with Gasteiger partial charge in [0.2, 0.25) is 10.0 Å². The van der Waals surface area contributed by atoms with Crippen LogP contribution in [0.4, 0.5) is 0 Å². The monoisotopic (exact) mass is 297 g/mol. The molecule has 1 aromatic carbocycles. The second kappa shape index (κ2) is 5.11. The van der Waals surface area contributed by atoms with Crippen molar-refractivity contribution in [3.05, 3.63) is 29.3 Å². The number of fused-ring (bicyclic) bond motifs is 1. The number of aryl methyl sites for hydroxylation is 2. The summed E-state index contributed by atoms with van der Waals surface area (Å²) in [5, 5.41) is 19.0. The van der Waals surface area contributed by atoms with Gasteiger partial charge in [0.15, 0.2) is 0 Å². The van der Waals surface area contributed by atoms with E-state index in [1.807, 2.05) is 6.07 Å². The van der Waals surface area contributed by atoms with Gasteiger partial charge in [-0.15, -0.1) is 0 Å². The van der Waals surface area contributed by atoms with E-state index in [9.17, 15) is 18.6 Å². The molecular formula is C14H19NO4S. The highest BCUT2D eigenvalue weighted by Crippen LogP contribution is 2.27. The first kappa shape index (κ1) is 14.0. The Morgan fingerprint density at radius 3 is 2.25 bits per heavy atom. The molecule has 0 amide bonds. The van der Waals surface area contributed by atoms with Crippen LogP contribution in [0.25, 0.3) is 0 Å². The van der Waals surface area contributed by atoms with Crippen LogP contribution < -0.4 is 0 Å². The van der Waals surface area contributed by atoms with Crippen LogP contribution in [-0.4, -0.2) is 48.2 Å². The summed E-state index contributed by atoms with van der Waals surface area (Å²) >= 11 is 0. The van der Waals surface area contributed by atoms with Gasteiger partial charge in [-0.1, -0.05) is 6.07 Å². The molecule has 0 saturated carbocycles. The smallest absolute Gasteiger partial charge is 0.243 e. The van der Waals surface area contributed by atoms with Gasteiger partial charge in [-0.25, -0.2) is 8.42 Å². The van der Waals surface area contributed by atoms with Gasteiger partial charge in [0.25, 0.3) is 0 Å². The van der Waals surface area contributed by atoms with Crippen molar-refractivity contribution in [1.82, 2.24) is 4.31 Å². The molecule has 0 radical (unpaired) electrons. The molecule has 1 aliphatic carbocycles. The Bertz CT molecular complexity index is 604. The molecule has 0 bridgehead atoms. The Hall–Kier alpha value is -0.950. The molecule has 5 nitrogen and oxygen atoms in total. The van der Waals surface area contributed by atoms with Crippen LogP contribution in [0, 0.1) is 0 Å². The molecule has 0 aromatic heterocycles. The average molecular weight is 297 g/mol. The molecule has 1 heterocycles. The van der Waals surface area contributed by atoms with E-state index >= 15 is 0 Å². The number of rotatable bonds is 2. The molecule has 2 unspecified atom stereocenters. The van der Waals surface area contributed by atoms with Gasteiger partial charge in [0.05, 0.1) is 17.1 Å². The van der Waals surface area contributed by atoms with E-state index in [2.05, 4.69) is 0 Å². The van der Waals surface area contributed by atoms with Crippen LogP contribution in [0.1, 0.15) is 24.0 Å². The zero-order valence-electron chi connectivity index (χ0n) is 11.2. The van der Waals surface area contributed by atoms with E-state index in [-0.39, 0.29) is 18.0 Å². The van der Waals surface area contributed by atoms with E-state index in [1.54, 1.807) is 12.1 Å². The molecule has 1 fully saturated rings. The Kier molecular flexibility index (Phi) is 3.58. The van der Waals surface area contributed by atoms with Crippen molar-refractivity contribution in [3.8, 4) is 0 Å². The summed E-state index contributed by atoms with van der Waals surface area (Å²) in [7, 11) is -3.62. The highest BCUT2D eigenvalue weighted by molar-refractivity contribution is 7.89. The van der Waals surface area contributed by atoms with Crippen molar-refractivity contribution in [3.63, 3.8) is 0 Å². The lowest BCUT2D eigenvalue weighted by molar-refractivity contribution is 0.0572. The summed E-state index contributed by atoms with van der Waals surface area (Å²) in [6, 6.07) is 5.28. The minimum absolute atomic E-state index is 0.0411. The molecule has 1 aliphatic heterocycles. The zero-order valence-corrected chi connectivity index (χ0v) is 12.0. The summed E-state index contributed by atoms with van der Waals surface area (Å²) in [6.07, 6.45) is 2.19. The van der Waals surface area contributed by atoms with Crippen LogP contribution in [0.2, 0.25) is 0 Å². The van der Waals surface area contributed by atoms with E-state index in [1.165, 1.54) is 5.56 Å². The van der Waals surface area contributed by atoms with Crippen molar-refractivity contribution in [2.45, 2.75) is 42.8 Å². The second-order valence-electron chi connectivity index (χ2n) is 5.59. The Morgan fingerprint density at radius 1 is 1.00 bits per heavy atom. The summed E-state index contributed by atoms with van der Waals surface area (Å²) < 4.78 is 26.2. The number of aliphatic hydroxyl groups excluding tert-OH is 2. The van der Waals surface area contributed by atoms with E-state index in [0.717, 1.165) is 35.6 Å². The van der Waals surface area contributed by atoms with Gasteiger partial charge in [-0.3, -0.25) is 0 Å². The fourth-order valence-corrected chi connectivity index (χ4v) is 4.48. The Morgan fingerprint density at radius 2 is 1.60 bits per heavy atom. The average Bonchev–Trinajstić information content (AvgIpc) is 2.79. The molecule has 0 spiro atoms. The molecule has 6 heteroatoms. The van der Waals surface area contributed by atoms with Gasteiger partial charge >= 0.3 is 0 Å². The summed E-state index contributed by atoms with van der Waals surface area (Å²) in [5.41, 5.74) is 2.34. The number of hydrogen-bond donors (Lipinski definition) is 2. The van der Waals surface area contributed by atoms with E-state index in [0.29, 0.717) is 0 Å². The fourth-order valence-electron chi connectivity index (χ4n) is 2.95. The maximum Gasteiger partial charge on any atom is 0.243 e. The van der Waals surface area contributed by atoms with Gasteiger partial charge in [-0.2, -0.15) is 4.31 Å². The molecular weight excluding hydrogens is 278 g/mol. The maximum absolute atomic E-state index is 12.5. The van der Waals surface area contributed by atoms with Gasteiger partial charge in [0.1, 0.15) is 0 Å². The normalized spacial score (nSPS) is 27.5. The predicted molar refractivity (Wildman–Crippen MR) is 73.9 cm³/mol. The van der Waals surface area contributed by atoms with Crippen LogP contribution in [0.3, 0.4) is 0 Å². The minimum atomic E-state index is -3.62. The predicted octanol–water partition coefficient (Wildman–Crippen LogP) is 0.291. The standard InChI is InChI=1S/C14H19NO4S/c16-13-8-15(9-14(13)17)20(18,19)12-6-5-10-3-1-2-4-11(10)7-12/h5-7,13-14,16-17H,1-4,8-9H2. The summed E-state index contributed by atoms with van der Waals surface area (Å²) in [5.74, 6) is 0. The first-order valence-corrected chi connectivity index (χ1v) is 8.40. The molecule has 1 saturated heterocycles. The zero-order chi connectivity index (χ0) is 14.3. The largest absolute Gasteiger partial charge is 0.389 e. The third-order valence-electron chi connectivity index (χ3n) is 4.18. The third-order valence-corrected chi connectivity index (χ3v) is 6.01. The van der Waals surface area contributed by atoms with Crippen LogP contribution in [0.5, 0.6) is 0 Å². The maximum atomic E-state index is 12.5. The van der Waals surface area contributed by atoms with Crippen molar-refractivity contribution < 1.29 is 18.6 Å². The molecule has 20 heavy (non-hydrogen) atoms. The van der Waals surface area contributed by atoms with Crippen LogP contribution in [-0.2, 0) is 22.9 Å². The van der Waals surface area contributed by atoms with Gasteiger partial charge in [-0.05, 0) is 48.9 Å². The summed E-state index contributed by atoms with van der Waals surface area (Å²) in [6.45, 7) is -0.0822. The highest BCUT2D eigenvalue weighted by atomic mass is 32.2. The minimum Gasteiger partial charge on any atom is -0.389 e. The Labute approximate surface area is 118 Å². The van der Waals surface area contributed by atoms with Crippen molar-refractivity contribution >= 4 is 10.0 Å². The molecule has 2 aliphatic rings. The quantitative estimate of drug-likeness (QED) is 0.822. The molecule has 3 rings (SSSR count). The summed E-state index contributed by atoms with van der Waals surface area (Å²) in [4.78, 5) is 0.263.